The summed E-state index contributed by atoms with van der Waals surface area (Å²) >= 11 is 0. The van der Waals surface area contributed by atoms with Crippen LogP contribution in [0.25, 0.3) is 0 Å². The highest BCUT2D eigenvalue weighted by Gasteiger charge is 2.42. The van der Waals surface area contributed by atoms with E-state index in [1.54, 1.807) is 12.0 Å². The standard InChI is InChI=1S/C26H32N2O4/c1-31-21-12-14-22(15-13-21)32-23-18-24(26(30)27-16-5-6-17-27)28(19-23)25(29)11-7-10-20-8-3-2-4-9-20/h2-4,8-9,12-15,23-24H,5-7,10-11,16-19H2,1H3/t23-,24-/m0/s1. The second kappa shape index (κ2) is 10.5. The molecule has 0 aliphatic carbocycles. The maximum atomic E-state index is 13.2. The molecule has 0 spiro atoms. The van der Waals surface area contributed by atoms with Crippen LogP contribution in [0.1, 0.15) is 37.7 Å². The Hall–Kier alpha value is -3.02. The van der Waals surface area contributed by atoms with Crippen LogP contribution >= 0.6 is 0 Å². The molecule has 2 aromatic rings. The van der Waals surface area contributed by atoms with Gasteiger partial charge in [0.2, 0.25) is 11.8 Å². The lowest BCUT2D eigenvalue weighted by atomic mass is 10.1. The Balaban J connectivity index is 1.40. The highest BCUT2D eigenvalue weighted by atomic mass is 16.5. The van der Waals surface area contributed by atoms with E-state index < -0.39 is 6.04 Å². The summed E-state index contributed by atoms with van der Waals surface area (Å²) in [7, 11) is 1.63. The van der Waals surface area contributed by atoms with E-state index in [1.165, 1.54) is 5.56 Å². The minimum Gasteiger partial charge on any atom is -0.497 e. The Morgan fingerprint density at radius 2 is 1.66 bits per heavy atom. The van der Waals surface area contributed by atoms with Gasteiger partial charge >= 0.3 is 0 Å². The van der Waals surface area contributed by atoms with E-state index in [0.717, 1.165) is 50.3 Å². The predicted molar refractivity (Wildman–Crippen MR) is 123 cm³/mol. The highest BCUT2D eigenvalue weighted by molar-refractivity contribution is 5.88. The summed E-state index contributed by atoms with van der Waals surface area (Å²) in [5, 5.41) is 0. The molecule has 0 aromatic heterocycles. The van der Waals surface area contributed by atoms with Gasteiger partial charge in [-0.15, -0.1) is 0 Å². The van der Waals surface area contributed by atoms with Crippen molar-refractivity contribution in [2.75, 3.05) is 26.7 Å². The largest absolute Gasteiger partial charge is 0.497 e. The third-order valence-electron chi connectivity index (χ3n) is 6.35. The zero-order chi connectivity index (χ0) is 22.3. The predicted octanol–water partition coefficient (Wildman–Crippen LogP) is 3.69. The molecular weight excluding hydrogens is 404 g/mol. The van der Waals surface area contributed by atoms with Gasteiger partial charge < -0.3 is 19.3 Å². The molecule has 32 heavy (non-hydrogen) atoms. The number of rotatable bonds is 8. The number of amides is 2. The first-order chi connectivity index (χ1) is 15.6. The van der Waals surface area contributed by atoms with Gasteiger partial charge in [-0.1, -0.05) is 30.3 Å². The van der Waals surface area contributed by atoms with Crippen molar-refractivity contribution in [1.82, 2.24) is 9.80 Å². The van der Waals surface area contributed by atoms with Crippen molar-refractivity contribution in [1.29, 1.82) is 0 Å². The Kier molecular flexibility index (Phi) is 7.30. The number of hydrogen-bond donors (Lipinski definition) is 0. The maximum Gasteiger partial charge on any atom is 0.245 e. The van der Waals surface area contributed by atoms with Crippen LogP contribution in [0.2, 0.25) is 0 Å². The summed E-state index contributed by atoms with van der Waals surface area (Å²) in [6, 6.07) is 17.2. The second-order valence-corrected chi connectivity index (χ2v) is 8.58. The molecule has 2 heterocycles. The number of hydrogen-bond acceptors (Lipinski definition) is 4. The summed E-state index contributed by atoms with van der Waals surface area (Å²) in [6.45, 7) is 2.02. The van der Waals surface area contributed by atoms with Crippen molar-refractivity contribution in [2.24, 2.45) is 0 Å². The van der Waals surface area contributed by atoms with Crippen LogP contribution in [-0.2, 0) is 16.0 Å². The summed E-state index contributed by atoms with van der Waals surface area (Å²) < 4.78 is 11.4. The number of carbonyl (C=O) groups excluding carboxylic acids is 2. The molecule has 2 amide bonds. The quantitative estimate of drug-likeness (QED) is 0.633. The highest BCUT2D eigenvalue weighted by Crippen LogP contribution is 2.27. The topological polar surface area (TPSA) is 59.1 Å². The van der Waals surface area contributed by atoms with E-state index in [0.29, 0.717) is 19.4 Å². The van der Waals surface area contributed by atoms with E-state index in [9.17, 15) is 9.59 Å². The van der Waals surface area contributed by atoms with Crippen LogP contribution in [0, 0.1) is 0 Å². The Morgan fingerprint density at radius 3 is 2.34 bits per heavy atom. The Morgan fingerprint density at radius 1 is 0.969 bits per heavy atom. The number of ether oxygens (including phenoxy) is 2. The lowest BCUT2D eigenvalue weighted by molar-refractivity contribution is -0.143. The van der Waals surface area contributed by atoms with Crippen LogP contribution in [0.3, 0.4) is 0 Å². The molecule has 6 nitrogen and oxygen atoms in total. The van der Waals surface area contributed by atoms with Gasteiger partial charge in [0.1, 0.15) is 23.6 Å². The first kappa shape index (κ1) is 22.2. The molecule has 0 radical (unpaired) electrons. The fraction of sp³-hybridized carbons (Fsp3) is 0.462. The average molecular weight is 437 g/mol. The molecule has 2 aliphatic rings. The first-order valence-corrected chi connectivity index (χ1v) is 11.6. The minimum atomic E-state index is -0.430. The summed E-state index contributed by atoms with van der Waals surface area (Å²) in [5.74, 6) is 1.60. The van der Waals surface area contributed by atoms with Gasteiger partial charge in [0.25, 0.3) is 0 Å². The van der Waals surface area contributed by atoms with Gasteiger partial charge in [0, 0.05) is 25.9 Å². The lowest BCUT2D eigenvalue weighted by Crippen LogP contribution is -2.46. The van der Waals surface area contributed by atoms with Crippen LogP contribution < -0.4 is 9.47 Å². The van der Waals surface area contributed by atoms with Crippen LogP contribution in [0.4, 0.5) is 0 Å². The van der Waals surface area contributed by atoms with Crippen molar-refractivity contribution in [2.45, 2.75) is 50.7 Å². The van der Waals surface area contributed by atoms with Crippen molar-refractivity contribution < 1.29 is 19.1 Å². The number of carbonyl (C=O) groups is 2. The molecule has 170 valence electrons. The zero-order valence-corrected chi connectivity index (χ0v) is 18.7. The van der Waals surface area contributed by atoms with Crippen molar-refractivity contribution in [3.8, 4) is 11.5 Å². The lowest BCUT2D eigenvalue weighted by Gasteiger charge is -2.27. The van der Waals surface area contributed by atoms with Gasteiger partial charge in [0.15, 0.2) is 0 Å². The normalized spacial score (nSPS) is 20.4. The maximum absolute atomic E-state index is 13.2. The van der Waals surface area contributed by atoms with E-state index in [4.69, 9.17) is 9.47 Å². The van der Waals surface area contributed by atoms with Crippen molar-refractivity contribution >= 4 is 11.8 Å². The summed E-state index contributed by atoms with van der Waals surface area (Å²) in [5.41, 5.74) is 1.23. The van der Waals surface area contributed by atoms with Gasteiger partial charge in [-0.05, 0) is 55.5 Å². The van der Waals surface area contributed by atoms with Gasteiger partial charge in [-0.2, -0.15) is 0 Å². The third kappa shape index (κ3) is 5.42. The zero-order valence-electron chi connectivity index (χ0n) is 18.7. The number of nitrogens with zero attached hydrogens (tertiary/aromatic N) is 2. The fourth-order valence-electron chi connectivity index (χ4n) is 4.62. The van der Waals surface area contributed by atoms with E-state index >= 15 is 0 Å². The minimum absolute atomic E-state index is 0.0410. The fourth-order valence-corrected chi connectivity index (χ4v) is 4.62. The Labute approximate surface area is 190 Å². The SMILES string of the molecule is COc1ccc(O[C@H]2C[C@@H](C(=O)N3CCCC3)N(C(=O)CCCc3ccccc3)C2)cc1. The number of likely N-dealkylation sites (tertiary alicyclic amines) is 2. The Bertz CT molecular complexity index is 894. The van der Waals surface area contributed by atoms with Crippen molar-refractivity contribution in [3.05, 3.63) is 60.2 Å². The molecule has 6 heteroatoms. The molecule has 2 fully saturated rings. The van der Waals surface area contributed by atoms with Gasteiger partial charge in [-0.3, -0.25) is 9.59 Å². The number of methoxy groups -OCH3 is 1. The molecular formula is C26H32N2O4. The molecule has 2 saturated heterocycles. The molecule has 4 rings (SSSR count). The van der Waals surface area contributed by atoms with E-state index in [2.05, 4.69) is 12.1 Å². The second-order valence-electron chi connectivity index (χ2n) is 8.58. The molecule has 2 aliphatic heterocycles. The average Bonchev–Trinajstić information content (AvgIpc) is 3.50. The van der Waals surface area contributed by atoms with Crippen LogP contribution in [-0.4, -0.2) is 60.5 Å². The smallest absolute Gasteiger partial charge is 0.245 e. The van der Waals surface area contributed by atoms with Crippen LogP contribution in [0.5, 0.6) is 11.5 Å². The van der Waals surface area contributed by atoms with E-state index in [-0.39, 0.29) is 17.9 Å². The number of benzene rings is 2. The first-order valence-electron chi connectivity index (χ1n) is 11.6. The third-order valence-corrected chi connectivity index (χ3v) is 6.35. The van der Waals surface area contributed by atoms with E-state index in [1.807, 2.05) is 47.4 Å². The van der Waals surface area contributed by atoms with Gasteiger partial charge in [0.05, 0.1) is 13.7 Å². The summed E-state index contributed by atoms with van der Waals surface area (Å²) in [6.07, 6.45) is 4.48. The van der Waals surface area contributed by atoms with Crippen molar-refractivity contribution in [3.63, 3.8) is 0 Å². The summed E-state index contributed by atoms with van der Waals surface area (Å²) in [4.78, 5) is 30.0. The molecule has 0 bridgehead atoms. The molecule has 2 atom stereocenters. The monoisotopic (exact) mass is 436 g/mol. The molecule has 0 N–H and O–H groups in total. The number of aryl methyl sites for hydroxylation is 1. The molecule has 2 aromatic carbocycles. The van der Waals surface area contributed by atoms with Crippen LogP contribution in [0.15, 0.2) is 54.6 Å². The molecule has 0 unspecified atom stereocenters. The molecule has 0 saturated carbocycles. The van der Waals surface area contributed by atoms with Gasteiger partial charge in [-0.25, -0.2) is 0 Å².